The van der Waals surface area contributed by atoms with Crippen LogP contribution in [-0.4, -0.2) is 43.7 Å². The molecule has 196 valence electrons. The van der Waals surface area contributed by atoms with Crippen LogP contribution >= 0.6 is 0 Å². The molecule has 2 heterocycles. The molecule has 0 radical (unpaired) electrons. The van der Waals surface area contributed by atoms with Crippen molar-refractivity contribution in [3.05, 3.63) is 82.8 Å². The molecule has 9 heteroatoms. The number of hydrogen-bond donors (Lipinski definition) is 0. The number of aryl methyl sites for hydroxylation is 1. The molecule has 0 bridgehead atoms. The van der Waals surface area contributed by atoms with E-state index in [-0.39, 0.29) is 35.6 Å². The van der Waals surface area contributed by atoms with Gasteiger partial charge in [-0.1, -0.05) is 37.3 Å². The number of rotatable bonds is 9. The molecule has 3 atom stereocenters. The highest BCUT2D eigenvalue weighted by molar-refractivity contribution is 7.89. The Balaban J connectivity index is 1.74. The third kappa shape index (κ3) is 5.47. The van der Waals surface area contributed by atoms with E-state index < -0.39 is 22.0 Å². The van der Waals surface area contributed by atoms with Crippen LogP contribution in [-0.2, 0) is 26.1 Å². The molecule has 4 rings (SSSR count). The molecule has 2 aromatic carbocycles. The summed E-state index contributed by atoms with van der Waals surface area (Å²) in [6.07, 6.45) is -0.228. The van der Waals surface area contributed by atoms with Gasteiger partial charge >= 0.3 is 0 Å². The fourth-order valence-corrected chi connectivity index (χ4v) is 6.16. The van der Waals surface area contributed by atoms with Crippen molar-refractivity contribution >= 4 is 22.3 Å². The highest BCUT2D eigenvalue weighted by Gasteiger charge is 2.35. The Morgan fingerprint density at radius 3 is 2.62 bits per heavy atom. The van der Waals surface area contributed by atoms with Crippen LogP contribution < -0.4 is 4.74 Å². The van der Waals surface area contributed by atoms with Gasteiger partial charge in [-0.25, -0.2) is 8.42 Å². The molecule has 0 N–H and O–H groups in total. The van der Waals surface area contributed by atoms with Crippen LogP contribution in [0.1, 0.15) is 66.1 Å². The van der Waals surface area contributed by atoms with Crippen LogP contribution in [0.3, 0.4) is 0 Å². The van der Waals surface area contributed by atoms with Gasteiger partial charge in [0.1, 0.15) is 28.6 Å². The third-order valence-electron chi connectivity index (χ3n) is 6.72. The fourth-order valence-electron chi connectivity index (χ4n) is 4.59. The Labute approximate surface area is 217 Å². The molecule has 1 aliphatic rings. The Hall–Kier alpha value is -3.43. The quantitative estimate of drug-likeness (QED) is 0.291. The number of Topliss-reactive ketones (excluding diaryl/α,β-unsaturated/α-hetero) is 1. The van der Waals surface area contributed by atoms with Crippen molar-refractivity contribution in [2.75, 3.05) is 6.54 Å². The molecule has 3 aromatic rings. The molecule has 37 heavy (non-hydrogen) atoms. The predicted octanol–water partition coefficient (Wildman–Crippen LogP) is 4.85. The van der Waals surface area contributed by atoms with Gasteiger partial charge in [-0.3, -0.25) is 9.59 Å². The Kier molecular flexibility index (Phi) is 7.85. The second kappa shape index (κ2) is 10.9. The van der Waals surface area contributed by atoms with Crippen molar-refractivity contribution in [2.24, 2.45) is 0 Å². The highest BCUT2D eigenvalue weighted by atomic mass is 32.2. The first-order chi connectivity index (χ1) is 17.6. The zero-order valence-corrected chi connectivity index (χ0v) is 22.2. The van der Waals surface area contributed by atoms with Crippen LogP contribution in [0, 0.1) is 6.92 Å². The molecular weight excluding hydrogens is 494 g/mol. The van der Waals surface area contributed by atoms with E-state index in [0.29, 0.717) is 24.4 Å². The minimum absolute atomic E-state index is 0.142. The summed E-state index contributed by atoms with van der Waals surface area (Å²) in [6.45, 7) is 7.79. The van der Waals surface area contributed by atoms with Crippen LogP contribution in [0.25, 0.3) is 0 Å². The van der Waals surface area contributed by atoms with Gasteiger partial charge in [-0.05, 0) is 61.2 Å². The molecule has 2 unspecified atom stereocenters. The van der Waals surface area contributed by atoms with Gasteiger partial charge in [-0.15, -0.1) is 0 Å². The van der Waals surface area contributed by atoms with Crippen molar-refractivity contribution in [1.82, 2.24) is 4.31 Å². The number of benzene rings is 2. The summed E-state index contributed by atoms with van der Waals surface area (Å²) in [7, 11) is -3.81. The highest BCUT2D eigenvalue weighted by Crippen LogP contribution is 2.35. The number of ether oxygens (including phenoxy) is 2. The van der Waals surface area contributed by atoms with E-state index in [2.05, 4.69) is 0 Å². The first kappa shape index (κ1) is 26.6. The number of nitrogens with zero attached hydrogens (tertiary/aromatic N) is 1. The Morgan fingerprint density at radius 2 is 1.95 bits per heavy atom. The number of ketones is 1. The summed E-state index contributed by atoms with van der Waals surface area (Å²) < 4.78 is 45.8. The van der Waals surface area contributed by atoms with E-state index in [0.717, 1.165) is 16.7 Å². The standard InChI is InChI=1S/C28H31NO7S/c1-5-23-16-29(37(32,33)27-9-7-6-8-25(27)35-23)15-22-14-21(11-10-18(22)2)28(20(4)34-17-30)26-13-12-24(36-26)19(3)31/h6-14,17,20,23,28H,5,15-16H2,1-4H3/t20?,23-,28?/m1/s1. The van der Waals surface area contributed by atoms with Gasteiger partial charge in [0.15, 0.2) is 11.5 Å². The lowest BCUT2D eigenvalue weighted by atomic mass is 9.89. The lowest BCUT2D eigenvalue weighted by molar-refractivity contribution is -0.133. The van der Waals surface area contributed by atoms with Crippen molar-refractivity contribution in [1.29, 1.82) is 0 Å². The third-order valence-corrected chi connectivity index (χ3v) is 8.57. The molecular formula is C28H31NO7S. The zero-order valence-electron chi connectivity index (χ0n) is 21.3. The SMILES string of the molecule is CC[C@@H]1CN(Cc2cc(C(c3ccc(C(C)=O)o3)C(C)OC=O)ccc2C)S(=O)(=O)c2ccccc2O1. The number of carbonyl (C=O) groups excluding carboxylic acids is 2. The van der Waals surface area contributed by atoms with E-state index >= 15 is 0 Å². The summed E-state index contributed by atoms with van der Waals surface area (Å²) in [5.74, 6) is 0.348. The number of para-hydroxylation sites is 1. The average Bonchev–Trinajstić information content (AvgIpc) is 3.31. The van der Waals surface area contributed by atoms with Crippen LogP contribution in [0.15, 0.2) is 63.9 Å². The second-order valence-corrected chi connectivity index (χ2v) is 11.2. The maximum Gasteiger partial charge on any atom is 0.293 e. The Morgan fingerprint density at radius 1 is 1.19 bits per heavy atom. The van der Waals surface area contributed by atoms with Gasteiger partial charge in [-0.2, -0.15) is 4.31 Å². The smallest absolute Gasteiger partial charge is 0.293 e. The largest absolute Gasteiger partial charge is 0.488 e. The number of carbonyl (C=O) groups is 2. The van der Waals surface area contributed by atoms with Crippen molar-refractivity contribution < 1.29 is 31.9 Å². The van der Waals surface area contributed by atoms with Gasteiger partial charge in [0.05, 0.1) is 12.5 Å². The molecule has 0 saturated heterocycles. The van der Waals surface area contributed by atoms with E-state index in [1.165, 1.54) is 11.2 Å². The van der Waals surface area contributed by atoms with Gasteiger partial charge in [0.25, 0.3) is 6.47 Å². The molecule has 0 amide bonds. The first-order valence-corrected chi connectivity index (χ1v) is 13.6. The molecule has 0 spiro atoms. The van der Waals surface area contributed by atoms with E-state index in [1.54, 1.807) is 43.3 Å². The lowest BCUT2D eigenvalue weighted by Crippen LogP contribution is -2.36. The topological polar surface area (TPSA) is 103 Å². The van der Waals surface area contributed by atoms with E-state index in [9.17, 15) is 18.0 Å². The summed E-state index contributed by atoms with van der Waals surface area (Å²) in [6, 6.07) is 15.7. The normalized spacial score (nSPS) is 18.6. The average molecular weight is 526 g/mol. The first-order valence-electron chi connectivity index (χ1n) is 12.2. The minimum atomic E-state index is -3.81. The monoisotopic (exact) mass is 525 g/mol. The fraction of sp³-hybridized carbons (Fsp3) is 0.357. The van der Waals surface area contributed by atoms with E-state index in [4.69, 9.17) is 13.9 Å². The number of fused-ring (bicyclic) bond motifs is 1. The summed E-state index contributed by atoms with van der Waals surface area (Å²) in [4.78, 5) is 23.1. The van der Waals surface area contributed by atoms with E-state index in [1.807, 2.05) is 32.0 Å². The van der Waals surface area contributed by atoms with Crippen molar-refractivity contribution in [3.63, 3.8) is 0 Å². The summed E-state index contributed by atoms with van der Waals surface area (Å²) >= 11 is 0. The van der Waals surface area contributed by atoms with Crippen LogP contribution in [0.4, 0.5) is 0 Å². The number of furan rings is 1. The van der Waals surface area contributed by atoms with Crippen LogP contribution in [0.2, 0.25) is 0 Å². The minimum Gasteiger partial charge on any atom is -0.488 e. The molecule has 1 aromatic heterocycles. The summed E-state index contributed by atoms with van der Waals surface area (Å²) in [5.41, 5.74) is 2.49. The Bertz CT molecular complexity index is 1400. The zero-order chi connectivity index (χ0) is 26.7. The van der Waals surface area contributed by atoms with Gasteiger partial charge in [0.2, 0.25) is 10.0 Å². The molecule has 0 saturated carbocycles. The van der Waals surface area contributed by atoms with Crippen LogP contribution in [0.5, 0.6) is 5.75 Å². The summed E-state index contributed by atoms with van der Waals surface area (Å²) in [5, 5.41) is 0. The van der Waals surface area contributed by atoms with Gasteiger partial charge in [0, 0.05) is 13.5 Å². The maximum absolute atomic E-state index is 13.6. The number of hydrogen-bond acceptors (Lipinski definition) is 7. The van der Waals surface area contributed by atoms with Crippen molar-refractivity contribution in [3.8, 4) is 5.75 Å². The molecule has 1 aliphatic heterocycles. The lowest BCUT2D eigenvalue weighted by Gasteiger charge is -2.25. The maximum atomic E-state index is 13.6. The predicted molar refractivity (Wildman–Crippen MR) is 137 cm³/mol. The molecule has 0 aliphatic carbocycles. The molecule has 0 fully saturated rings. The number of sulfonamides is 1. The second-order valence-electron chi connectivity index (χ2n) is 9.25. The van der Waals surface area contributed by atoms with Crippen molar-refractivity contribution in [2.45, 2.75) is 63.7 Å². The van der Waals surface area contributed by atoms with Gasteiger partial charge < -0.3 is 13.9 Å². The molecule has 8 nitrogen and oxygen atoms in total.